The molecule has 2 amide bonds. The molecule has 1 aliphatic carbocycles. The summed E-state index contributed by atoms with van der Waals surface area (Å²) in [5, 5.41) is 7.66. The topological polar surface area (TPSA) is 80.6 Å². The van der Waals surface area contributed by atoms with Crippen molar-refractivity contribution in [2.75, 3.05) is 25.1 Å². The fraction of sp³-hybridized carbons (Fsp3) is 0.440. The summed E-state index contributed by atoms with van der Waals surface area (Å²) in [5.41, 5.74) is 5.61. The van der Waals surface area contributed by atoms with Gasteiger partial charge in [0.15, 0.2) is 0 Å². The number of hydrogen-bond acceptors (Lipinski definition) is 5. The lowest BCUT2D eigenvalue weighted by Gasteiger charge is -2.10. The van der Waals surface area contributed by atoms with Crippen LogP contribution >= 0.6 is 11.3 Å². The van der Waals surface area contributed by atoms with Crippen molar-refractivity contribution in [2.45, 2.75) is 52.9 Å². The van der Waals surface area contributed by atoms with E-state index >= 15 is 0 Å². The number of anilines is 1. The SMILES string of the molecule is CCOCCCNC(=O)c1c(NC(=O)Cc2coc3cc(C)cc(C)c23)sc2c1CCC2. The van der Waals surface area contributed by atoms with Crippen LogP contribution in [0, 0.1) is 13.8 Å². The molecule has 0 unspecified atom stereocenters. The zero-order valence-corrected chi connectivity index (χ0v) is 19.7. The highest BCUT2D eigenvalue weighted by Gasteiger charge is 2.27. The molecule has 4 rings (SSSR count). The number of fused-ring (bicyclic) bond motifs is 2. The fourth-order valence-electron chi connectivity index (χ4n) is 4.44. The molecule has 2 aromatic heterocycles. The molecule has 0 bridgehead atoms. The van der Waals surface area contributed by atoms with Crippen LogP contribution < -0.4 is 10.6 Å². The Labute approximate surface area is 192 Å². The minimum Gasteiger partial charge on any atom is -0.464 e. The Balaban J connectivity index is 1.48. The van der Waals surface area contributed by atoms with Gasteiger partial charge in [0.05, 0.1) is 18.2 Å². The Morgan fingerprint density at radius 1 is 1.22 bits per heavy atom. The molecule has 2 N–H and O–H groups in total. The molecule has 32 heavy (non-hydrogen) atoms. The quantitative estimate of drug-likeness (QED) is 0.449. The summed E-state index contributed by atoms with van der Waals surface area (Å²) in [4.78, 5) is 27.1. The number of ether oxygens (including phenoxy) is 1. The van der Waals surface area contributed by atoms with Gasteiger partial charge in [-0.3, -0.25) is 9.59 Å². The van der Waals surface area contributed by atoms with Gasteiger partial charge in [0, 0.05) is 35.6 Å². The maximum Gasteiger partial charge on any atom is 0.254 e. The van der Waals surface area contributed by atoms with E-state index in [0.29, 0.717) is 30.3 Å². The third kappa shape index (κ3) is 4.74. The van der Waals surface area contributed by atoms with Crippen LogP contribution in [-0.4, -0.2) is 31.6 Å². The van der Waals surface area contributed by atoms with E-state index in [9.17, 15) is 9.59 Å². The van der Waals surface area contributed by atoms with Crippen molar-refractivity contribution in [3.8, 4) is 0 Å². The maximum absolute atomic E-state index is 13.0. The van der Waals surface area contributed by atoms with Crippen molar-refractivity contribution in [3.05, 3.63) is 51.1 Å². The van der Waals surface area contributed by atoms with Crippen molar-refractivity contribution < 1.29 is 18.7 Å². The number of carbonyl (C=O) groups excluding carboxylic acids is 2. The zero-order valence-electron chi connectivity index (χ0n) is 18.9. The molecule has 0 saturated heterocycles. The smallest absolute Gasteiger partial charge is 0.254 e. The second-order valence-corrected chi connectivity index (χ2v) is 9.41. The van der Waals surface area contributed by atoms with E-state index in [0.717, 1.165) is 58.9 Å². The third-order valence-corrected chi connectivity index (χ3v) is 7.01. The summed E-state index contributed by atoms with van der Waals surface area (Å²) < 4.78 is 11.0. The van der Waals surface area contributed by atoms with Crippen molar-refractivity contribution in [1.82, 2.24) is 5.32 Å². The van der Waals surface area contributed by atoms with Crippen molar-refractivity contribution >= 4 is 39.1 Å². The van der Waals surface area contributed by atoms with E-state index in [4.69, 9.17) is 9.15 Å². The number of carbonyl (C=O) groups is 2. The molecule has 6 nitrogen and oxygen atoms in total. The van der Waals surface area contributed by atoms with E-state index in [2.05, 4.69) is 16.7 Å². The molecular weight excluding hydrogens is 424 g/mol. The highest BCUT2D eigenvalue weighted by molar-refractivity contribution is 7.17. The van der Waals surface area contributed by atoms with Gasteiger partial charge >= 0.3 is 0 Å². The summed E-state index contributed by atoms with van der Waals surface area (Å²) in [6.45, 7) is 7.87. The Hall–Kier alpha value is -2.64. The second-order valence-electron chi connectivity index (χ2n) is 8.31. The molecule has 7 heteroatoms. The third-order valence-electron chi connectivity index (χ3n) is 5.80. The monoisotopic (exact) mass is 454 g/mol. The number of furan rings is 1. The first kappa shape index (κ1) is 22.6. The van der Waals surface area contributed by atoms with Gasteiger partial charge in [-0.25, -0.2) is 0 Å². The predicted molar refractivity (Wildman–Crippen MR) is 128 cm³/mol. The van der Waals surface area contributed by atoms with Crippen molar-refractivity contribution in [1.29, 1.82) is 0 Å². The van der Waals surface area contributed by atoms with E-state index in [1.807, 2.05) is 26.8 Å². The molecular formula is C25H30N2O4S. The first-order chi connectivity index (χ1) is 15.5. The summed E-state index contributed by atoms with van der Waals surface area (Å²) in [6.07, 6.45) is 5.53. The number of aryl methyl sites for hydroxylation is 3. The molecule has 0 aliphatic heterocycles. The second kappa shape index (κ2) is 9.88. The van der Waals surface area contributed by atoms with Crippen molar-refractivity contribution in [2.24, 2.45) is 0 Å². The Morgan fingerprint density at radius 3 is 2.88 bits per heavy atom. The minimum atomic E-state index is -0.141. The van der Waals surface area contributed by atoms with E-state index < -0.39 is 0 Å². The van der Waals surface area contributed by atoms with Crippen LogP contribution in [-0.2, 0) is 28.8 Å². The lowest BCUT2D eigenvalue weighted by Crippen LogP contribution is -2.27. The predicted octanol–water partition coefficient (Wildman–Crippen LogP) is 4.94. The van der Waals surface area contributed by atoms with Gasteiger partial charge in [-0.05, 0) is 69.2 Å². The first-order valence-electron chi connectivity index (χ1n) is 11.3. The molecule has 2 heterocycles. The van der Waals surface area contributed by atoms with Gasteiger partial charge in [0.25, 0.3) is 5.91 Å². The van der Waals surface area contributed by atoms with E-state index in [1.54, 1.807) is 6.26 Å². The number of thiophene rings is 1. The molecule has 0 fully saturated rings. The maximum atomic E-state index is 13.0. The normalized spacial score (nSPS) is 12.8. The van der Waals surface area contributed by atoms with E-state index in [-0.39, 0.29) is 18.2 Å². The standard InChI is InChI=1S/C25H30N2O4S/c1-4-30-10-6-9-26-24(29)23-18-7-5-8-20(18)32-25(23)27-21(28)13-17-14-31-19-12-15(2)11-16(3)22(17)19/h11-12,14H,4-10,13H2,1-3H3,(H,26,29)(H,27,28). The molecule has 0 atom stereocenters. The average molecular weight is 455 g/mol. The van der Waals surface area contributed by atoms with Crippen molar-refractivity contribution in [3.63, 3.8) is 0 Å². The largest absolute Gasteiger partial charge is 0.464 e. The Bertz CT molecular complexity index is 1140. The van der Waals surface area contributed by atoms with Gasteiger partial charge in [0.1, 0.15) is 10.6 Å². The van der Waals surface area contributed by atoms with Gasteiger partial charge < -0.3 is 19.8 Å². The molecule has 170 valence electrons. The number of nitrogens with one attached hydrogen (secondary N) is 2. The Kier molecular flexibility index (Phi) is 6.96. The summed E-state index contributed by atoms with van der Waals surface area (Å²) >= 11 is 1.53. The minimum absolute atomic E-state index is 0.115. The van der Waals surface area contributed by atoms with E-state index in [1.165, 1.54) is 16.2 Å². The van der Waals surface area contributed by atoms with Crippen LogP contribution in [0.25, 0.3) is 11.0 Å². The average Bonchev–Trinajstić information content (AvgIpc) is 3.42. The van der Waals surface area contributed by atoms with Crippen LogP contribution in [0.2, 0.25) is 0 Å². The summed E-state index contributed by atoms with van der Waals surface area (Å²) in [6, 6.07) is 4.08. The lowest BCUT2D eigenvalue weighted by atomic mass is 10.0. The Morgan fingerprint density at radius 2 is 2.06 bits per heavy atom. The fourth-order valence-corrected chi connectivity index (χ4v) is 5.74. The molecule has 3 aromatic rings. The van der Waals surface area contributed by atoms with Crippen LogP contribution in [0.15, 0.2) is 22.8 Å². The van der Waals surface area contributed by atoms with Gasteiger partial charge in [-0.1, -0.05) is 6.07 Å². The molecule has 0 saturated carbocycles. The number of rotatable bonds is 9. The molecule has 1 aromatic carbocycles. The first-order valence-corrected chi connectivity index (χ1v) is 12.1. The number of amides is 2. The highest BCUT2D eigenvalue weighted by Crippen LogP contribution is 2.39. The molecule has 0 spiro atoms. The lowest BCUT2D eigenvalue weighted by molar-refractivity contribution is -0.115. The van der Waals surface area contributed by atoms with Crippen LogP contribution in [0.3, 0.4) is 0 Å². The number of benzene rings is 1. The zero-order chi connectivity index (χ0) is 22.7. The van der Waals surface area contributed by atoms with Crippen LogP contribution in [0.1, 0.15) is 57.3 Å². The van der Waals surface area contributed by atoms with Gasteiger partial charge in [-0.15, -0.1) is 11.3 Å². The summed E-state index contributed by atoms with van der Waals surface area (Å²) in [7, 11) is 0. The van der Waals surface area contributed by atoms with Crippen LogP contribution in [0.4, 0.5) is 5.00 Å². The molecule has 1 aliphatic rings. The highest BCUT2D eigenvalue weighted by atomic mass is 32.1. The van der Waals surface area contributed by atoms with Crippen LogP contribution in [0.5, 0.6) is 0 Å². The van der Waals surface area contributed by atoms with Gasteiger partial charge in [-0.2, -0.15) is 0 Å². The number of hydrogen-bond donors (Lipinski definition) is 2. The van der Waals surface area contributed by atoms with Gasteiger partial charge in [0.2, 0.25) is 5.91 Å². The summed E-state index contributed by atoms with van der Waals surface area (Å²) in [5.74, 6) is -0.255. The molecule has 0 radical (unpaired) electrons.